The molecule has 0 aliphatic rings. The largest absolute Gasteiger partial charge is 0.393 e. The molecule has 0 spiro atoms. The lowest BCUT2D eigenvalue weighted by Gasteiger charge is -2.20. The van der Waals surface area contributed by atoms with E-state index in [9.17, 15) is 9.90 Å². The lowest BCUT2D eigenvalue weighted by atomic mass is 10.1. The van der Waals surface area contributed by atoms with Gasteiger partial charge in [0.25, 0.3) is 5.91 Å². The number of aliphatic hydroxyl groups excluding tert-OH is 1. The molecule has 0 fully saturated rings. The van der Waals surface area contributed by atoms with E-state index in [0.717, 1.165) is 4.90 Å². The smallest absolute Gasteiger partial charge is 0.252 e. The zero-order valence-corrected chi connectivity index (χ0v) is 10.8. The van der Waals surface area contributed by atoms with E-state index < -0.39 is 12.2 Å². The topological polar surface area (TPSA) is 69.6 Å². The van der Waals surface area contributed by atoms with Crippen LogP contribution in [-0.2, 0) is 0 Å². The Morgan fingerprint density at radius 2 is 2.12 bits per heavy atom. The summed E-state index contributed by atoms with van der Waals surface area (Å²) < 4.78 is 0. The molecule has 5 heteroatoms. The van der Waals surface area contributed by atoms with Crippen molar-refractivity contribution in [3.8, 4) is 0 Å². The Balaban J connectivity index is 2.70. The van der Waals surface area contributed by atoms with Gasteiger partial charge in [0.1, 0.15) is 5.60 Å². The first-order chi connectivity index (χ1) is 8.00. The second kappa shape index (κ2) is 6.05. The molecular weight excluding hydrogens is 238 g/mol. The van der Waals surface area contributed by atoms with E-state index in [2.05, 4.69) is 5.32 Å². The van der Waals surface area contributed by atoms with Gasteiger partial charge in [-0.1, -0.05) is 12.1 Å². The monoisotopic (exact) mass is 255 g/mol. The minimum Gasteiger partial charge on any atom is -0.393 e. The Labute approximate surface area is 105 Å². The highest BCUT2D eigenvalue weighted by Gasteiger charge is 2.20. The Morgan fingerprint density at radius 3 is 2.71 bits per heavy atom. The first-order valence-corrected chi connectivity index (χ1v) is 6.47. The molecule has 0 heterocycles. The summed E-state index contributed by atoms with van der Waals surface area (Å²) in [6.07, 6.45) is 1.90. The van der Waals surface area contributed by atoms with Crippen LogP contribution >= 0.6 is 11.8 Å². The third-order valence-electron chi connectivity index (χ3n) is 2.32. The van der Waals surface area contributed by atoms with E-state index in [-0.39, 0.29) is 12.5 Å². The minimum absolute atomic E-state index is 0.0189. The van der Waals surface area contributed by atoms with E-state index in [4.69, 9.17) is 5.11 Å². The van der Waals surface area contributed by atoms with Crippen LogP contribution in [0.5, 0.6) is 0 Å². The van der Waals surface area contributed by atoms with Crippen molar-refractivity contribution in [2.75, 3.05) is 19.4 Å². The molecule has 1 amide bonds. The Kier molecular flexibility index (Phi) is 4.99. The van der Waals surface area contributed by atoms with Gasteiger partial charge < -0.3 is 15.5 Å². The number of amides is 1. The van der Waals surface area contributed by atoms with Crippen LogP contribution in [0.4, 0.5) is 0 Å². The molecule has 0 aromatic heterocycles. The van der Waals surface area contributed by atoms with Crippen molar-refractivity contribution < 1.29 is 15.0 Å². The zero-order chi connectivity index (χ0) is 12.9. The summed E-state index contributed by atoms with van der Waals surface area (Å²) in [5.74, 6) is -0.247. The molecule has 1 unspecified atom stereocenters. The normalized spacial score (nSPS) is 14.1. The van der Waals surface area contributed by atoms with Crippen molar-refractivity contribution in [1.82, 2.24) is 5.32 Å². The van der Waals surface area contributed by atoms with Crippen molar-refractivity contribution in [3.63, 3.8) is 0 Å². The number of carbonyl (C=O) groups excluding carboxylic acids is 1. The predicted molar refractivity (Wildman–Crippen MR) is 68.3 cm³/mol. The van der Waals surface area contributed by atoms with Crippen LogP contribution in [0, 0.1) is 0 Å². The van der Waals surface area contributed by atoms with Gasteiger partial charge in [-0.25, -0.2) is 0 Å². The molecule has 94 valence electrons. The zero-order valence-electron chi connectivity index (χ0n) is 9.93. The standard InChI is InChI=1S/C12H17NO3S/c1-12(16,8-14)7-13-11(15)9-5-3-4-6-10(9)17-2/h3-6,14,16H,7-8H2,1-2H3,(H,13,15). The van der Waals surface area contributed by atoms with E-state index >= 15 is 0 Å². The maximum absolute atomic E-state index is 11.9. The summed E-state index contributed by atoms with van der Waals surface area (Å²) >= 11 is 1.49. The minimum atomic E-state index is -1.29. The number of carbonyl (C=O) groups is 1. The fraction of sp³-hybridized carbons (Fsp3) is 0.417. The molecule has 4 nitrogen and oxygen atoms in total. The van der Waals surface area contributed by atoms with Gasteiger partial charge in [0.15, 0.2) is 0 Å². The lowest BCUT2D eigenvalue weighted by Crippen LogP contribution is -2.43. The summed E-state index contributed by atoms with van der Waals surface area (Å²) in [4.78, 5) is 12.8. The van der Waals surface area contributed by atoms with Crippen LogP contribution in [0.2, 0.25) is 0 Å². The average molecular weight is 255 g/mol. The van der Waals surface area contributed by atoms with Gasteiger partial charge in [-0.15, -0.1) is 11.8 Å². The second-order valence-electron chi connectivity index (χ2n) is 4.04. The van der Waals surface area contributed by atoms with E-state index in [0.29, 0.717) is 5.56 Å². The summed E-state index contributed by atoms with van der Waals surface area (Å²) in [7, 11) is 0. The molecule has 0 radical (unpaired) electrons. The van der Waals surface area contributed by atoms with Gasteiger partial charge in [0.2, 0.25) is 0 Å². The Morgan fingerprint density at radius 1 is 1.47 bits per heavy atom. The molecule has 0 aliphatic carbocycles. The number of rotatable bonds is 5. The summed E-state index contributed by atoms with van der Waals surface area (Å²) in [6.45, 7) is 1.09. The Bertz CT molecular complexity index is 393. The fourth-order valence-electron chi connectivity index (χ4n) is 1.25. The van der Waals surface area contributed by atoms with Crippen LogP contribution in [0.1, 0.15) is 17.3 Å². The fourth-order valence-corrected chi connectivity index (χ4v) is 1.85. The van der Waals surface area contributed by atoms with Crippen molar-refractivity contribution in [2.45, 2.75) is 17.4 Å². The third kappa shape index (κ3) is 4.03. The molecule has 0 aliphatic heterocycles. The molecule has 1 atom stereocenters. The van der Waals surface area contributed by atoms with Crippen LogP contribution in [0.3, 0.4) is 0 Å². The van der Waals surface area contributed by atoms with Crippen molar-refractivity contribution in [1.29, 1.82) is 0 Å². The summed E-state index contributed by atoms with van der Waals surface area (Å²) in [6, 6.07) is 7.25. The number of hydrogen-bond donors (Lipinski definition) is 3. The highest BCUT2D eigenvalue weighted by Crippen LogP contribution is 2.19. The van der Waals surface area contributed by atoms with E-state index in [1.165, 1.54) is 18.7 Å². The van der Waals surface area contributed by atoms with Gasteiger partial charge in [0.05, 0.1) is 12.2 Å². The summed E-state index contributed by atoms with van der Waals surface area (Å²) in [5, 5.41) is 21.1. The average Bonchev–Trinajstić information content (AvgIpc) is 2.36. The first-order valence-electron chi connectivity index (χ1n) is 5.24. The third-order valence-corrected chi connectivity index (χ3v) is 3.12. The van der Waals surface area contributed by atoms with Gasteiger partial charge >= 0.3 is 0 Å². The molecule has 17 heavy (non-hydrogen) atoms. The number of aliphatic hydroxyl groups is 2. The van der Waals surface area contributed by atoms with Crippen LogP contribution in [-0.4, -0.2) is 41.1 Å². The van der Waals surface area contributed by atoms with Crippen molar-refractivity contribution in [2.24, 2.45) is 0 Å². The number of nitrogens with one attached hydrogen (secondary N) is 1. The van der Waals surface area contributed by atoms with Gasteiger partial charge in [0, 0.05) is 11.4 Å². The van der Waals surface area contributed by atoms with Crippen LogP contribution in [0.25, 0.3) is 0 Å². The quantitative estimate of drug-likeness (QED) is 0.683. The number of thioether (sulfide) groups is 1. The first kappa shape index (κ1) is 14.0. The van der Waals surface area contributed by atoms with Crippen LogP contribution in [0.15, 0.2) is 29.2 Å². The highest BCUT2D eigenvalue weighted by atomic mass is 32.2. The lowest BCUT2D eigenvalue weighted by molar-refractivity contribution is 0.00318. The molecule has 0 saturated heterocycles. The van der Waals surface area contributed by atoms with Crippen LogP contribution < -0.4 is 5.32 Å². The van der Waals surface area contributed by atoms with Gasteiger partial charge in [-0.2, -0.15) is 0 Å². The predicted octanol–water partition coefficient (Wildman–Crippen LogP) is 0.882. The molecular formula is C12H17NO3S. The van der Waals surface area contributed by atoms with E-state index in [1.54, 1.807) is 12.1 Å². The van der Waals surface area contributed by atoms with Gasteiger partial charge in [-0.3, -0.25) is 4.79 Å². The molecule has 1 aromatic rings. The Hall–Kier alpha value is -1.04. The SMILES string of the molecule is CSc1ccccc1C(=O)NCC(C)(O)CO. The molecule has 1 aromatic carbocycles. The highest BCUT2D eigenvalue weighted by molar-refractivity contribution is 7.98. The number of hydrogen-bond acceptors (Lipinski definition) is 4. The number of benzene rings is 1. The molecule has 0 saturated carbocycles. The van der Waals surface area contributed by atoms with Crippen molar-refractivity contribution in [3.05, 3.63) is 29.8 Å². The van der Waals surface area contributed by atoms with Gasteiger partial charge in [-0.05, 0) is 25.3 Å². The molecule has 0 bridgehead atoms. The van der Waals surface area contributed by atoms with Crippen molar-refractivity contribution >= 4 is 17.7 Å². The maximum Gasteiger partial charge on any atom is 0.252 e. The second-order valence-corrected chi connectivity index (χ2v) is 4.89. The molecule has 3 N–H and O–H groups in total. The molecule has 1 rings (SSSR count). The van der Waals surface area contributed by atoms with E-state index in [1.807, 2.05) is 18.4 Å². The maximum atomic E-state index is 11.9. The summed E-state index contributed by atoms with van der Waals surface area (Å²) in [5.41, 5.74) is -0.710.